The number of carbonyl (C=O) groups excluding carboxylic acids is 1. The second-order valence-corrected chi connectivity index (χ2v) is 3.56. The van der Waals surface area contributed by atoms with Crippen molar-refractivity contribution < 1.29 is 19.4 Å². The molecule has 6 heteroatoms. The highest BCUT2D eigenvalue weighted by atomic mass is 16.5. The van der Waals surface area contributed by atoms with E-state index >= 15 is 0 Å². The van der Waals surface area contributed by atoms with E-state index in [-0.39, 0.29) is 17.7 Å². The van der Waals surface area contributed by atoms with Gasteiger partial charge in [0.05, 0.1) is 12.7 Å². The van der Waals surface area contributed by atoms with E-state index in [2.05, 4.69) is 4.74 Å². The number of aromatic carboxylic acids is 1. The van der Waals surface area contributed by atoms with Crippen LogP contribution in [0.4, 0.5) is 5.69 Å². The molecule has 0 aliphatic carbocycles. The Morgan fingerprint density at radius 2 is 2.12 bits per heavy atom. The van der Waals surface area contributed by atoms with E-state index in [1.54, 1.807) is 6.07 Å². The highest BCUT2D eigenvalue weighted by Gasteiger charge is 2.15. The average Bonchev–Trinajstić information content (AvgIpc) is 2.27. The third-order valence-corrected chi connectivity index (χ3v) is 2.31. The van der Waals surface area contributed by atoms with Crippen molar-refractivity contribution in [1.82, 2.24) is 0 Å². The maximum Gasteiger partial charge on any atom is 0.337 e. The molecule has 0 unspecified atom stereocenters. The molecule has 0 heterocycles. The van der Waals surface area contributed by atoms with Crippen LogP contribution in [-0.2, 0) is 16.0 Å². The van der Waals surface area contributed by atoms with Crippen LogP contribution in [0.15, 0.2) is 18.2 Å². The van der Waals surface area contributed by atoms with Gasteiger partial charge in [0.1, 0.15) is 6.04 Å². The van der Waals surface area contributed by atoms with Crippen LogP contribution < -0.4 is 11.5 Å². The summed E-state index contributed by atoms with van der Waals surface area (Å²) in [5.74, 6) is -1.61. The van der Waals surface area contributed by atoms with E-state index in [9.17, 15) is 9.59 Å². The molecular formula is C11H14N2O4. The first-order valence-corrected chi connectivity index (χ1v) is 4.90. The molecule has 17 heavy (non-hydrogen) atoms. The average molecular weight is 238 g/mol. The Balaban J connectivity index is 2.84. The number of nitrogen functional groups attached to an aromatic ring is 1. The highest BCUT2D eigenvalue weighted by Crippen LogP contribution is 2.15. The lowest BCUT2D eigenvalue weighted by atomic mass is 10.0. The Morgan fingerprint density at radius 1 is 1.47 bits per heavy atom. The summed E-state index contributed by atoms with van der Waals surface area (Å²) < 4.78 is 4.49. The monoisotopic (exact) mass is 238 g/mol. The highest BCUT2D eigenvalue weighted by molar-refractivity contribution is 5.93. The molecule has 5 N–H and O–H groups in total. The summed E-state index contributed by atoms with van der Waals surface area (Å²) in [4.78, 5) is 21.8. The lowest BCUT2D eigenvalue weighted by Crippen LogP contribution is -2.33. The molecule has 0 amide bonds. The van der Waals surface area contributed by atoms with Gasteiger partial charge >= 0.3 is 11.9 Å². The number of nitrogens with two attached hydrogens (primary N) is 2. The number of carbonyl (C=O) groups is 2. The van der Waals surface area contributed by atoms with Crippen molar-refractivity contribution in [2.45, 2.75) is 12.5 Å². The largest absolute Gasteiger partial charge is 0.478 e. The third-order valence-electron chi connectivity index (χ3n) is 2.31. The lowest BCUT2D eigenvalue weighted by molar-refractivity contribution is -0.142. The van der Waals surface area contributed by atoms with Gasteiger partial charge < -0.3 is 21.3 Å². The SMILES string of the molecule is COC(=O)[C@H](N)Cc1ccc(C(=O)O)c(N)c1. The fraction of sp³-hybridized carbons (Fsp3) is 0.273. The molecular weight excluding hydrogens is 224 g/mol. The molecule has 0 saturated carbocycles. The molecule has 1 aromatic rings. The number of benzene rings is 1. The molecule has 1 rings (SSSR count). The zero-order valence-corrected chi connectivity index (χ0v) is 9.34. The van der Waals surface area contributed by atoms with Crippen LogP contribution in [0.3, 0.4) is 0 Å². The van der Waals surface area contributed by atoms with Crippen LogP contribution in [0.2, 0.25) is 0 Å². The Labute approximate surface area is 98.2 Å². The minimum atomic E-state index is -1.09. The number of methoxy groups -OCH3 is 1. The predicted molar refractivity (Wildman–Crippen MR) is 61.5 cm³/mol. The molecule has 0 spiro atoms. The van der Waals surface area contributed by atoms with E-state index in [1.165, 1.54) is 19.2 Å². The van der Waals surface area contributed by atoms with Gasteiger partial charge in [-0.05, 0) is 24.1 Å². The fourth-order valence-corrected chi connectivity index (χ4v) is 1.42. The minimum Gasteiger partial charge on any atom is -0.478 e. The molecule has 0 bridgehead atoms. The number of anilines is 1. The first-order chi connectivity index (χ1) is 7.95. The Hall–Kier alpha value is -2.08. The van der Waals surface area contributed by atoms with Crippen molar-refractivity contribution in [3.63, 3.8) is 0 Å². The van der Waals surface area contributed by atoms with Crippen molar-refractivity contribution in [2.24, 2.45) is 5.73 Å². The predicted octanol–water partition coefficient (Wildman–Crippen LogP) is 0.00980. The molecule has 1 aromatic carbocycles. The van der Waals surface area contributed by atoms with E-state index < -0.39 is 18.0 Å². The third kappa shape index (κ3) is 3.18. The van der Waals surface area contributed by atoms with E-state index in [0.29, 0.717) is 5.56 Å². The number of rotatable bonds is 4. The van der Waals surface area contributed by atoms with Gasteiger partial charge in [0, 0.05) is 5.69 Å². The number of carboxylic acid groups (broad SMARTS) is 1. The van der Waals surface area contributed by atoms with Crippen molar-refractivity contribution in [3.05, 3.63) is 29.3 Å². The van der Waals surface area contributed by atoms with Gasteiger partial charge in [-0.3, -0.25) is 4.79 Å². The van der Waals surface area contributed by atoms with Crippen LogP contribution in [0.1, 0.15) is 15.9 Å². The summed E-state index contributed by atoms with van der Waals surface area (Å²) >= 11 is 0. The number of carboxylic acids is 1. The summed E-state index contributed by atoms with van der Waals surface area (Å²) in [5, 5.41) is 8.79. The van der Waals surface area contributed by atoms with Crippen molar-refractivity contribution in [2.75, 3.05) is 12.8 Å². The van der Waals surface area contributed by atoms with Gasteiger partial charge in [-0.2, -0.15) is 0 Å². The topological polar surface area (TPSA) is 116 Å². The van der Waals surface area contributed by atoms with E-state index in [0.717, 1.165) is 0 Å². The maximum atomic E-state index is 11.1. The molecule has 0 aromatic heterocycles. The zero-order chi connectivity index (χ0) is 13.0. The second-order valence-electron chi connectivity index (χ2n) is 3.56. The molecule has 0 saturated heterocycles. The summed E-state index contributed by atoms with van der Waals surface area (Å²) in [5.41, 5.74) is 12.0. The van der Waals surface area contributed by atoms with Gasteiger partial charge in [-0.25, -0.2) is 4.79 Å². The second kappa shape index (κ2) is 5.31. The summed E-state index contributed by atoms with van der Waals surface area (Å²) in [6.07, 6.45) is 0.247. The van der Waals surface area contributed by atoms with Crippen molar-refractivity contribution in [3.8, 4) is 0 Å². The number of hydrogen-bond donors (Lipinski definition) is 3. The number of esters is 1. The normalized spacial score (nSPS) is 11.9. The zero-order valence-electron chi connectivity index (χ0n) is 9.34. The van der Waals surface area contributed by atoms with Gasteiger partial charge in [-0.1, -0.05) is 6.07 Å². The fourth-order valence-electron chi connectivity index (χ4n) is 1.42. The molecule has 0 fully saturated rings. The first-order valence-electron chi connectivity index (χ1n) is 4.90. The van der Waals surface area contributed by atoms with Crippen LogP contribution >= 0.6 is 0 Å². The standard InChI is InChI=1S/C11H14N2O4/c1-17-11(16)9(13)5-6-2-3-7(10(14)15)8(12)4-6/h2-4,9H,5,12-13H2,1H3,(H,14,15)/t9-/m1/s1. The van der Waals surface area contributed by atoms with Crippen molar-refractivity contribution in [1.29, 1.82) is 0 Å². The minimum absolute atomic E-state index is 0.0281. The Kier molecular flexibility index (Phi) is 4.06. The Bertz CT molecular complexity index is 445. The van der Waals surface area contributed by atoms with Gasteiger partial charge in [0.15, 0.2) is 0 Å². The van der Waals surface area contributed by atoms with Crippen LogP contribution in [0.25, 0.3) is 0 Å². The quantitative estimate of drug-likeness (QED) is 0.502. The first kappa shape index (κ1) is 13.0. The Morgan fingerprint density at radius 3 is 2.59 bits per heavy atom. The molecule has 0 aliphatic rings. The van der Waals surface area contributed by atoms with E-state index in [4.69, 9.17) is 16.6 Å². The summed E-state index contributed by atoms with van der Waals surface area (Å²) in [6.45, 7) is 0. The molecule has 0 aliphatic heterocycles. The lowest BCUT2D eigenvalue weighted by Gasteiger charge is -2.10. The van der Waals surface area contributed by atoms with E-state index in [1.807, 2.05) is 0 Å². The van der Waals surface area contributed by atoms with Gasteiger partial charge in [0.2, 0.25) is 0 Å². The van der Waals surface area contributed by atoms with Crippen molar-refractivity contribution >= 4 is 17.6 Å². The molecule has 1 atom stereocenters. The molecule has 0 radical (unpaired) electrons. The maximum absolute atomic E-state index is 11.1. The van der Waals surface area contributed by atoms with Crippen LogP contribution in [-0.4, -0.2) is 30.2 Å². The van der Waals surface area contributed by atoms with Gasteiger partial charge in [-0.15, -0.1) is 0 Å². The number of ether oxygens (including phenoxy) is 1. The summed E-state index contributed by atoms with van der Waals surface area (Å²) in [7, 11) is 1.25. The van der Waals surface area contributed by atoms with Crippen LogP contribution in [0.5, 0.6) is 0 Å². The number of hydrogen-bond acceptors (Lipinski definition) is 5. The summed E-state index contributed by atoms with van der Waals surface area (Å²) in [6, 6.07) is 3.67. The van der Waals surface area contributed by atoms with Crippen LogP contribution in [0, 0.1) is 0 Å². The van der Waals surface area contributed by atoms with Gasteiger partial charge in [0.25, 0.3) is 0 Å². The smallest absolute Gasteiger partial charge is 0.337 e. The molecule has 92 valence electrons. The molecule has 6 nitrogen and oxygen atoms in total.